The van der Waals surface area contributed by atoms with Gasteiger partial charge in [-0.25, -0.2) is 0 Å². The first kappa shape index (κ1) is 29.4. The SMILES string of the molecule is CCCCCCCC(c1cc(C)cc(-c2c(C)ccc3n[nH]nc23)c1O)c1cc(C)cc(-c2c(C)ccc3n[nH]nc23)c1O. The largest absolute Gasteiger partial charge is 0.507 e. The smallest absolute Gasteiger partial charge is 0.127 e. The van der Waals surface area contributed by atoms with Crippen molar-refractivity contribution in [1.29, 1.82) is 0 Å². The number of H-pyrrole nitrogens is 2. The Morgan fingerprint density at radius 1 is 0.614 bits per heavy atom. The summed E-state index contributed by atoms with van der Waals surface area (Å²) < 4.78 is 0. The van der Waals surface area contributed by atoms with E-state index < -0.39 is 0 Å². The van der Waals surface area contributed by atoms with Crippen LogP contribution in [0.2, 0.25) is 0 Å². The molecule has 0 fully saturated rings. The fraction of sp³-hybridized carbons (Fsp3) is 0.333. The topological polar surface area (TPSA) is 124 Å². The number of rotatable bonds is 10. The van der Waals surface area contributed by atoms with Gasteiger partial charge in [-0.15, -0.1) is 0 Å². The van der Waals surface area contributed by atoms with Gasteiger partial charge in [0.1, 0.15) is 33.6 Å². The van der Waals surface area contributed by atoms with Gasteiger partial charge < -0.3 is 10.2 Å². The maximum Gasteiger partial charge on any atom is 0.127 e. The monoisotopic (exact) mass is 588 g/mol. The van der Waals surface area contributed by atoms with Crippen molar-refractivity contribution in [1.82, 2.24) is 30.8 Å². The summed E-state index contributed by atoms with van der Waals surface area (Å²) in [6.45, 7) is 10.4. The number of hydrogen-bond donors (Lipinski definition) is 4. The van der Waals surface area contributed by atoms with Crippen molar-refractivity contribution >= 4 is 22.1 Å². The van der Waals surface area contributed by atoms with E-state index in [2.05, 4.69) is 63.7 Å². The Morgan fingerprint density at radius 2 is 1.09 bits per heavy atom. The van der Waals surface area contributed by atoms with Crippen LogP contribution in [0.15, 0.2) is 48.5 Å². The molecule has 8 heteroatoms. The summed E-state index contributed by atoms with van der Waals surface area (Å²) >= 11 is 0. The minimum atomic E-state index is -0.234. The van der Waals surface area contributed by atoms with Crippen LogP contribution >= 0.6 is 0 Å². The van der Waals surface area contributed by atoms with E-state index in [0.717, 1.165) is 97.0 Å². The first-order valence-corrected chi connectivity index (χ1v) is 15.6. The fourth-order valence-corrected chi connectivity index (χ4v) is 6.66. The molecule has 0 unspecified atom stereocenters. The predicted molar refractivity (Wildman–Crippen MR) is 176 cm³/mol. The van der Waals surface area contributed by atoms with Crippen LogP contribution in [-0.2, 0) is 0 Å². The second kappa shape index (κ2) is 12.1. The average Bonchev–Trinajstić information content (AvgIpc) is 3.68. The maximum absolute atomic E-state index is 12.1. The number of aromatic amines is 2. The number of aromatic hydroxyl groups is 2. The second-order valence-electron chi connectivity index (χ2n) is 12.2. The van der Waals surface area contributed by atoms with Gasteiger partial charge in [-0.2, -0.15) is 30.8 Å². The van der Waals surface area contributed by atoms with E-state index >= 15 is 0 Å². The fourth-order valence-electron chi connectivity index (χ4n) is 6.66. The lowest BCUT2D eigenvalue weighted by atomic mass is 9.81. The minimum absolute atomic E-state index is 0.213. The van der Waals surface area contributed by atoms with Crippen molar-refractivity contribution in [2.75, 3.05) is 0 Å². The number of unbranched alkanes of at least 4 members (excludes halogenated alkanes) is 4. The van der Waals surface area contributed by atoms with Crippen molar-refractivity contribution in [2.45, 2.75) is 79.1 Å². The quantitative estimate of drug-likeness (QED) is 0.119. The summed E-state index contributed by atoms with van der Waals surface area (Å²) in [5.74, 6) is 0.192. The van der Waals surface area contributed by atoms with Crippen LogP contribution in [0.3, 0.4) is 0 Å². The third-order valence-electron chi connectivity index (χ3n) is 8.85. The molecule has 0 aliphatic heterocycles. The van der Waals surface area contributed by atoms with Crippen molar-refractivity contribution in [3.05, 3.63) is 81.9 Å². The highest BCUT2D eigenvalue weighted by atomic mass is 16.3. The molecule has 0 saturated carbocycles. The standard InChI is InChI=1S/C36H40N6O2/c1-6-7-8-9-10-11-24(25-16-20(2)18-27(35(25)43)31-22(4)12-14-29-33(31)39-41-37-29)26-17-21(3)19-28(36(26)44)32-23(5)13-15-30-34(32)40-42-38-30/h12-19,24,43-44H,6-11H2,1-5H3,(H,37,39,41)(H,38,40,42). The van der Waals surface area contributed by atoms with Gasteiger partial charge in [0, 0.05) is 39.3 Å². The number of fused-ring (bicyclic) bond motifs is 2. The van der Waals surface area contributed by atoms with E-state index in [-0.39, 0.29) is 17.4 Å². The molecule has 0 amide bonds. The highest BCUT2D eigenvalue weighted by Crippen LogP contribution is 2.48. The van der Waals surface area contributed by atoms with Gasteiger partial charge in [-0.05, 0) is 80.6 Å². The number of phenolic OH excluding ortho intramolecular Hbond substituents is 2. The van der Waals surface area contributed by atoms with Crippen LogP contribution < -0.4 is 0 Å². The van der Waals surface area contributed by atoms with Crippen LogP contribution in [0.5, 0.6) is 11.5 Å². The Morgan fingerprint density at radius 3 is 1.57 bits per heavy atom. The highest BCUT2D eigenvalue weighted by Gasteiger charge is 2.27. The minimum Gasteiger partial charge on any atom is -0.507 e. The lowest BCUT2D eigenvalue weighted by Crippen LogP contribution is -2.06. The Balaban J connectivity index is 1.55. The Hall–Kier alpha value is -4.72. The lowest BCUT2D eigenvalue weighted by molar-refractivity contribution is 0.449. The van der Waals surface area contributed by atoms with Gasteiger partial charge in [-0.1, -0.05) is 63.3 Å². The van der Waals surface area contributed by atoms with Crippen LogP contribution in [0.1, 0.15) is 84.7 Å². The second-order valence-corrected chi connectivity index (χ2v) is 12.2. The third-order valence-corrected chi connectivity index (χ3v) is 8.85. The molecule has 0 saturated heterocycles. The summed E-state index contributed by atoms with van der Waals surface area (Å²) in [5.41, 5.74) is 11.8. The molecule has 0 spiro atoms. The number of hydrogen-bond acceptors (Lipinski definition) is 6. The molecular formula is C36H40N6O2. The normalized spacial score (nSPS) is 11.8. The van der Waals surface area contributed by atoms with Crippen molar-refractivity contribution in [3.8, 4) is 33.8 Å². The number of benzene rings is 4. The molecule has 8 nitrogen and oxygen atoms in total. The molecule has 0 atom stereocenters. The number of aromatic nitrogens is 6. The average molecular weight is 589 g/mol. The van der Waals surface area contributed by atoms with Gasteiger partial charge in [0.05, 0.1) is 0 Å². The number of aryl methyl sites for hydroxylation is 4. The molecule has 0 aliphatic rings. The first-order chi connectivity index (χ1) is 21.3. The van der Waals surface area contributed by atoms with Gasteiger partial charge in [0.2, 0.25) is 0 Å². The van der Waals surface area contributed by atoms with Gasteiger partial charge in [-0.3, -0.25) is 0 Å². The molecule has 2 heterocycles. The maximum atomic E-state index is 12.1. The van der Waals surface area contributed by atoms with Crippen LogP contribution in [0.25, 0.3) is 44.3 Å². The van der Waals surface area contributed by atoms with Gasteiger partial charge in [0.25, 0.3) is 0 Å². The van der Waals surface area contributed by atoms with E-state index in [1.54, 1.807) is 0 Å². The summed E-state index contributed by atoms with van der Waals surface area (Å²) in [6, 6.07) is 16.1. The van der Waals surface area contributed by atoms with E-state index in [0.29, 0.717) is 0 Å². The van der Waals surface area contributed by atoms with Crippen molar-refractivity contribution < 1.29 is 10.2 Å². The predicted octanol–water partition coefficient (Wildman–Crippen LogP) is 8.70. The summed E-state index contributed by atoms with van der Waals surface area (Å²) in [6.07, 6.45) is 6.40. The van der Waals surface area contributed by atoms with Gasteiger partial charge >= 0.3 is 0 Å². The van der Waals surface area contributed by atoms with Gasteiger partial charge in [0.15, 0.2) is 0 Å². The Bertz CT molecular complexity index is 1840. The molecule has 0 radical (unpaired) electrons. The van der Waals surface area contributed by atoms with Crippen molar-refractivity contribution in [3.63, 3.8) is 0 Å². The van der Waals surface area contributed by atoms with E-state index in [1.807, 2.05) is 50.2 Å². The first-order valence-electron chi connectivity index (χ1n) is 15.6. The molecule has 226 valence electrons. The molecule has 2 aromatic heterocycles. The van der Waals surface area contributed by atoms with E-state index in [9.17, 15) is 10.2 Å². The number of nitrogens with zero attached hydrogens (tertiary/aromatic N) is 4. The summed E-state index contributed by atoms with van der Waals surface area (Å²) in [7, 11) is 0. The molecule has 44 heavy (non-hydrogen) atoms. The third kappa shape index (κ3) is 5.29. The molecule has 6 rings (SSSR count). The van der Waals surface area contributed by atoms with Crippen LogP contribution in [-0.4, -0.2) is 41.0 Å². The summed E-state index contributed by atoms with van der Waals surface area (Å²) in [4.78, 5) is 0. The summed E-state index contributed by atoms with van der Waals surface area (Å²) in [5, 5.41) is 47.1. The Kier molecular flexibility index (Phi) is 8.08. The zero-order chi connectivity index (χ0) is 31.0. The van der Waals surface area contributed by atoms with E-state index in [4.69, 9.17) is 0 Å². The zero-order valence-corrected chi connectivity index (χ0v) is 26.1. The molecule has 4 aromatic carbocycles. The number of nitrogens with one attached hydrogen (secondary N) is 2. The lowest BCUT2D eigenvalue weighted by Gasteiger charge is -2.25. The number of phenols is 2. The molecule has 6 aromatic rings. The van der Waals surface area contributed by atoms with Crippen LogP contribution in [0, 0.1) is 27.7 Å². The Labute approximate surface area is 257 Å². The van der Waals surface area contributed by atoms with Crippen LogP contribution in [0.4, 0.5) is 0 Å². The zero-order valence-electron chi connectivity index (χ0n) is 26.1. The molecule has 0 bridgehead atoms. The molecule has 4 N–H and O–H groups in total. The van der Waals surface area contributed by atoms with Crippen molar-refractivity contribution in [2.24, 2.45) is 0 Å². The molecular weight excluding hydrogens is 548 g/mol. The van der Waals surface area contributed by atoms with E-state index in [1.165, 1.54) is 19.3 Å². The molecule has 0 aliphatic carbocycles. The highest BCUT2D eigenvalue weighted by molar-refractivity contribution is 5.97.